The summed E-state index contributed by atoms with van der Waals surface area (Å²) in [6.07, 6.45) is 1.02. The zero-order valence-corrected chi connectivity index (χ0v) is 12.0. The summed E-state index contributed by atoms with van der Waals surface area (Å²) in [5, 5.41) is 0. The molecule has 0 radical (unpaired) electrons. The summed E-state index contributed by atoms with van der Waals surface area (Å²) < 4.78 is 24.6. The van der Waals surface area contributed by atoms with Gasteiger partial charge in [-0.1, -0.05) is 0 Å². The molecule has 0 aliphatic rings. The van der Waals surface area contributed by atoms with Gasteiger partial charge < -0.3 is 5.73 Å². The Kier molecular flexibility index (Phi) is 2.89. The van der Waals surface area contributed by atoms with Crippen LogP contribution < -0.4 is 5.73 Å². The lowest BCUT2D eigenvalue weighted by Gasteiger charge is -2.07. The molecule has 0 atom stereocenters. The molecular weight excluding hydrogens is 266 g/mol. The van der Waals surface area contributed by atoms with E-state index in [0.717, 1.165) is 26.9 Å². The lowest BCUT2D eigenvalue weighted by molar-refractivity contribution is 0.0990. The molecule has 0 bridgehead atoms. The van der Waals surface area contributed by atoms with Crippen LogP contribution in [-0.2, 0) is 10.0 Å². The highest BCUT2D eigenvalue weighted by atomic mass is 32.2. The average molecular weight is 281 g/mol. The largest absolute Gasteiger partial charge is 0.363 e. The van der Waals surface area contributed by atoms with Crippen LogP contribution in [0.15, 0.2) is 6.07 Å². The molecule has 0 aliphatic heterocycles. The van der Waals surface area contributed by atoms with Gasteiger partial charge in [-0.3, -0.25) is 4.79 Å². The Morgan fingerprint density at radius 1 is 1.26 bits per heavy atom. The fourth-order valence-electron chi connectivity index (χ4n) is 2.10. The van der Waals surface area contributed by atoms with Crippen LogP contribution in [0.3, 0.4) is 0 Å². The number of nitrogens with zero attached hydrogens (tertiary/aromatic N) is 2. The summed E-state index contributed by atoms with van der Waals surface area (Å²) >= 11 is 0. The van der Waals surface area contributed by atoms with Crippen molar-refractivity contribution in [3.8, 4) is 0 Å². The molecule has 2 aromatic rings. The molecule has 1 heterocycles. The second-order valence-corrected chi connectivity index (χ2v) is 6.47. The van der Waals surface area contributed by atoms with Gasteiger partial charge in [0.2, 0.25) is 15.8 Å². The topological polar surface area (TPSA) is 95.0 Å². The van der Waals surface area contributed by atoms with Crippen LogP contribution >= 0.6 is 0 Å². The molecule has 102 valence electrons. The van der Waals surface area contributed by atoms with Crippen LogP contribution in [0.25, 0.3) is 11.0 Å². The summed E-state index contributed by atoms with van der Waals surface area (Å²) in [7, 11) is -3.65. The van der Waals surface area contributed by atoms with Gasteiger partial charge in [0.1, 0.15) is 0 Å². The molecule has 0 fully saturated rings. The minimum atomic E-state index is -3.65. The fourth-order valence-corrected chi connectivity index (χ4v) is 3.04. The smallest absolute Gasteiger partial charge is 0.285 e. The molecule has 6 nitrogen and oxygen atoms in total. The summed E-state index contributed by atoms with van der Waals surface area (Å²) in [5.74, 6) is -1.12. The van der Waals surface area contributed by atoms with E-state index in [1.54, 1.807) is 6.07 Å². The van der Waals surface area contributed by atoms with Crippen LogP contribution in [0, 0.1) is 20.8 Å². The zero-order chi connectivity index (χ0) is 14.5. The summed E-state index contributed by atoms with van der Waals surface area (Å²) in [4.78, 5) is 15.5. The lowest BCUT2D eigenvalue weighted by Crippen LogP contribution is -2.22. The van der Waals surface area contributed by atoms with Crippen molar-refractivity contribution in [2.45, 2.75) is 20.8 Å². The summed E-state index contributed by atoms with van der Waals surface area (Å²) in [6.45, 7) is 5.65. The van der Waals surface area contributed by atoms with Crippen LogP contribution in [0.2, 0.25) is 0 Å². The third kappa shape index (κ3) is 1.99. The van der Waals surface area contributed by atoms with E-state index in [9.17, 15) is 13.2 Å². The van der Waals surface area contributed by atoms with Gasteiger partial charge in [-0.2, -0.15) is 0 Å². The third-order valence-corrected chi connectivity index (χ3v) is 4.32. The van der Waals surface area contributed by atoms with E-state index in [1.807, 2.05) is 20.8 Å². The molecular formula is C12H15N3O3S. The van der Waals surface area contributed by atoms with E-state index < -0.39 is 15.9 Å². The van der Waals surface area contributed by atoms with Crippen molar-refractivity contribution in [2.24, 2.45) is 5.73 Å². The van der Waals surface area contributed by atoms with E-state index >= 15 is 0 Å². The van der Waals surface area contributed by atoms with Gasteiger partial charge in [-0.25, -0.2) is 17.4 Å². The van der Waals surface area contributed by atoms with E-state index in [0.29, 0.717) is 11.0 Å². The number of fused-ring (bicyclic) bond motifs is 1. The van der Waals surface area contributed by atoms with Crippen molar-refractivity contribution < 1.29 is 13.2 Å². The molecule has 7 heteroatoms. The normalized spacial score (nSPS) is 12.0. The predicted octanol–water partition coefficient (Wildman–Crippen LogP) is 0.868. The van der Waals surface area contributed by atoms with Gasteiger partial charge in [0.15, 0.2) is 0 Å². The van der Waals surface area contributed by atoms with Crippen molar-refractivity contribution in [1.29, 1.82) is 0 Å². The molecule has 0 aliphatic carbocycles. The van der Waals surface area contributed by atoms with E-state index in [1.165, 1.54) is 0 Å². The van der Waals surface area contributed by atoms with Crippen LogP contribution in [0.1, 0.15) is 27.3 Å². The SMILES string of the molecule is Cc1cc2c(nc(C(N)=O)n2S(C)(=O)=O)c(C)c1C. The van der Waals surface area contributed by atoms with Crippen molar-refractivity contribution >= 4 is 27.0 Å². The van der Waals surface area contributed by atoms with Crippen molar-refractivity contribution in [3.63, 3.8) is 0 Å². The molecule has 0 spiro atoms. The minimum absolute atomic E-state index is 0.259. The number of hydrogen-bond acceptors (Lipinski definition) is 4. The third-order valence-electron chi connectivity index (χ3n) is 3.29. The number of rotatable bonds is 2. The highest BCUT2D eigenvalue weighted by Crippen LogP contribution is 2.26. The van der Waals surface area contributed by atoms with Crippen molar-refractivity contribution in [1.82, 2.24) is 8.96 Å². The lowest BCUT2D eigenvalue weighted by atomic mass is 10.0. The van der Waals surface area contributed by atoms with Gasteiger partial charge in [0.05, 0.1) is 17.3 Å². The number of hydrogen-bond donors (Lipinski definition) is 1. The Bertz CT molecular complexity index is 803. The molecule has 0 unspecified atom stereocenters. The maximum atomic E-state index is 11.9. The number of amides is 1. The number of carbonyl (C=O) groups is 1. The molecule has 0 saturated carbocycles. The Morgan fingerprint density at radius 3 is 2.32 bits per heavy atom. The maximum Gasteiger partial charge on any atom is 0.285 e. The van der Waals surface area contributed by atoms with E-state index in [-0.39, 0.29) is 5.82 Å². The maximum absolute atomic E-state index is 11.9. The molecule has 1 aromatic heterocycles. The first-order chi connectivity index (χ1) is 8.64. The molecule has 0 saturated heterocycles. The number of nitrogens with two attached hydrogens (primary N) is 1. The number of aromatic nitrogens is 2. The first-order valence-electron chi connectivity index (χ1n) is 5.64. The highest BCUT2D eigenvalue weighted by Gasteiger charge is 2.23. The fraction of sp³-hybridized carbons (Fsp3) is 0.333. The van der Waals surface area contributed by atoms with Gasteiger partial charge >= 0.3 is 0 Å². The summed E-state index contributed by atoms with van der Waals surface area (Å²) in [5.41, 5.74) is 8.89. The second-order valence-electron chi connectivity index (χ2n) is 4.64. The van der Waals surface area contributed by atoms with Gasteiger partial charge in [0, 0.05) is 0 Å². The Balaban J connectivity index is 3.08. The number of primary amides is 1. The quantitative estimate of drug-likeness (QED) is 0.883. The highest BCUT2D eigenvalue weighted by molar-refractivity contribution is 7.89. The van der Waals surface area contributed by atoms with E-state index in [2.05, 4.69) is 4.98 Å². The average Bonchev–Trinajstić information content (AvgIpc) is 2.65. The van der Waals surface area contributed by atoms with Gasteiger partial charge in [-0.15, -0.1) is 0 Å². The monoisotopic (exact) mass is 281 g/mol. The van der Waals surface area contributed by atoms with Crippen molar-refractivity contribution in [3.05, 3.63) is 28.6 Å². The van der Waals surface area contributed by atoms with Crippen molar-refractivity contribution in [2.75, 3.05) is 6.26 Å². The predicted molar refractivity (Wildman–Crippen MR) is 72.7 cm³/mol. The Labute approximate surface area is 111 Å². The van der Waals surface area contributed by atoms with Crippen LogP contribution in [0.4, 0.5) is 0 Å². The number of imidazole rings is 1. The Morgan fingerprint density at radius 2 is 1.84 bits per heavy atom. The molecule has 1 aromatic carbocycles. The summed E-state index contributed by atoms with van der Waals surface area (Å²) in [6, 6.07) is 1.71. The number of carbonyl (C=O) groups excluding carboxylic acids is 1. The zero-order valence-electron chi connectivity index (χ0n) is 11.2. The second kappa shape index (κ2) is 4.06. The number of benzene rings is 1. The molecule has 2 rings (SSSR count). The first-order valence-corrected chi connectivity index (χ1v) is 7.49. The van der Waals surface area contributed by atoms with Crippen LogP contribution in [0.5, 0.6) is 0 Å². The standard InChI is InChI=1S/C12H15N3O3S/c1-6-5-9-10(8(3)7(6)2)14-12(11(13)16)15(9)19(4,17)18/h5H,1-4H3,(H2,13,16). The minimum Gasteiger partial charge on any atom is -0.363 e. The molecule has 19 heavy (non-hydrogen) atoms. The molecule has 2 N–H and O–H groups in total. The Hall–Kier alpha value is -1.89. The van der Waals surface area contributed by atoms with Gasteiger partial charge in [0.25, 0.3) is 5.91 Å². The van der Waals surface area contributed by atoms with Gasteiger partial charge in [-0.05, 0) is 43.5 Å². The number of aryl methyl sites for hydroxylation is 2. The first kappa shape index (κ1) is 13.5. The van der Waals surface area contributed by atoms with Crippen LogP contribution in [-0.4, -0.2) is 29.5 Å². The van der Waals surface area contributed by atoms with E-state index in [4.69, 9.17) is 5.73 Å². The molecule has 1 amide bonds.